The highest BCUT2D eigenvalue weighted by molar-refractivity contribution is 7.88. The molecule has 0 aromatic heterocycles. The summed E-state index contributed by atoms with van der Waals surface area (Å²) < 4.78 is 81.9. The molecule has 0 saturated heterocycles. The lowest BCUT2D eigenvalue weighted by Crippen LogP contribution is -2.29. The van der Waals surface area contributed by atoms with Gasteiger partial charge in [0, 0.05) is 40.2 Å². The number of carbonyl (C=O) groups is 2. The summed E-state index contributed by atoms with van der Waals surface area (Å²) in [7, 11) is -2.17. The first kappa shape index (κ1) is 53.8. The number of benzene rings is 8. The van der Waals surface area contributed by atoms with E-state index in [2.05, 4.69) is 55.1 Å². The van der Waals surface area contributed by atoms with E-state index in [1.54, 1.807) is 31.4 Å². The van der Waals surface area contributed by atoms with Crippen molar-refractivity contribution >= 4 is 68.8 Å². The van der Waals surface area contributed by atoms with Crippen molar-refractivity contribution in [1.29, 1.82) is 0 Å². The predicted molar refractivity (Wildman–Crippen MR) is 275 cm³/mol. The molecule has 8 aromatic rings. The molecule has 0 aliphatic carbocycles. The number of carbonyl (C=O) groups excluding carboxylic acids is 2. The quantitative estimate of drug-likeness (QED) is 0.0459. The molecule has 0 saturated carbocycles. The summed E-state index contributed by atoms with van der Waals surface area (Å²) in [6.45, 7) is 0. The number of anilines is 6. The Bertz CT molecular complexity index is 3080. The Hall–Kier alpha value is -8.58. The van der Waals surface area contributed by atoms with Crippen molar-refractivity contribution in [3.05, 3.63) is 217 Å². The van der Waals surface area contributed by atoms with E-state index in [1.807, 2.05) is 127 Å². The zero-order chi connectivity index (χ0) is 52.5. The number of alkyl halides is 3. The summed E-state index contributed by atoms with van der Waals surface area (Å²) in [4.78, 5) is 27.9. The van der Waals surface area contributed by atoms with Crippen molar-refractivity contribution in [3.63, 3.8) is 0 Å². The monoisotopic (exact) mass is 1010 g/mol. The Kier molecular flexibility index (Phi) is 18.4. The van der Waals surface area contributed by atoms with Gasteiger partial charge in [0.1, 0.15) is 17.1 Å². The number of halogens is 3. The first-order valence-electron chi connectivity index (χ1n) is 22.0. The average Bonchev–Trinajstić information content (AvgIpc) is 3.42. The molecule has 2 N–H and O–H groups in total. The van der Waals surface area contributed by atoms with E-state index in [9.17, 15) is 41.2 Å². The van der Waals surface area contributed by atoms with E-state index in [1.165, 1.54) is 20.3 Å². The van der Waals surface area contributed by atoms with Gasteiger partial charge >= 0.3 is 34.7 Å². The molecule has 0 fully saturated rings. The fraction of sp³-hybridized carbons (Fsp3) is 0.0909. The molecule has 0 heterocycles. The highest BCUT2D eigenvalue weighted by atomic mass is 32.2. The molecule has 0 spiro atoms. The minimum Gasteiger partial charge on any atom is -0.497 e. The van der Waals surface area contributed by atoms with Gasteiger partial charge in [0.05, 0.1) is 34.0 Å². The van der Waals surface area contributed by atoms with Gasteiger partial charge in [-0.25, -0.2) is 9.59 Å². The molecule has 73 heavy (non-hydrogen) atoms. The summed E-state index contributed by atoms with van der Waals surface area (Å²) in [5.74, 6) is -1.59. The van der Waals surface area contributed by atoms with Gasteiger partial charge in [-0.2, -0.15) is 21.6 Å². The normalized spacial score (nSPS) is 10.8. The highest BCUT2D eigenvalue weighted by Crippen LogP contribution is 2.38. The summed E-state index contributed by atoms with van der Waals surface area (Å²) >= 11 is 0. The van der Waals surface area contributed by atoms with Crippen LogP contribution in [0.15, 0.2) is 206 Å². The standard InChI is InChI=1S/C27H23NO3.C18H16BNO2.C10H9F3O6S/c1-30-24-17-18-25(27(29)31-2)26(19-24)20-13-15-23(16-14-20)28(21-9-5-3-6-10-21)22-11-7-4-8-12-22;21-19(22)15-11-13-18(14-12-15)20(16-7-3-1-4-8-16)17-9-5-2-6-10-17;1-17-6-3-4-7(9(14)18-2)8(5-6)19-20(15,16)10(11,12)13/h3-19H,1-2H3;1-14,21-22H;3-5H,1-2H3. The molecule has 0 aliphatic rings. The Morgan fingerprint density at radius 2 is 0.836 bits per heavy atom. The van der Waals surface area contributed by atoms with Crippen LogP contribution in [0.3, 0.4) is 0 Å². The van der Waals surface area contributed by atoms with Crippen molar-refractivity contribution in [3.8, 4) is 28.4 Å². The van der Waals surface area contributed by atoms with Crippen LogP contribution in [-0.4, -0.2) is 71.5 Å². The minimum atomic E-state index is -5.90. The van der Waals surface area contributed by atoms with Crippen molar-refractivity contribution in [1.82, 2.24) is 0 Å². The number of ether oxygens (including phenoxy) is 4. The van der Waals surface area contributed by atoms with Crippen molar-refractivity contribution in [2.45, 2.75) is 5.51 Å². The lowest BCUT2D eigenvalue weighted by atomic mass is 9.80. The van der Waals surface area contributed by atoms with Gasteiger partial charge in [0.15, 0.2) is 5.75 Å². The maximum absolute atomic E-state index is 12.3. The van der Waals surface area contributed by atoms with Crippen LogP contribution in [0.1, 0.15) is 20.7 Å². The Morgan fingerprint density at radius 1 is 0.479 bits per heavy atom. The predicted octanol–water partition coefficient (Wildman–Crippen LogP) is 11.2. The first-order chi connectivity index (χ1) is 35.1. The molecular formula is C55H48BF3N2O11S. The third-order valence-electron chi connectivity index (χ3n) is 10.7. The molecule has 8 aromatic carbocycles. The summed E-state index contributed by atoms with van der Waals surface area (Å²) in [6, 6.07) is 64.3. The molecule has 18 heteroatoms. The van der Waals surface area contributed by atoms with Gasteiger partial charge in [-0.1, -0.05) is 97.1 Å². The number of esters is 2. The van der Waals surface area contributed by atoms with Gasteiger partial charge in [0.2, 0.25) is 0 Å². The molecule has 8 rings (SSSR count). The number of hydrogen-bond donors (Lipinski definition) is 2. The van der Waals surface area contributed by atoms with Gasteiger partial charge in [-0.15, -0.1) is 0 Å². The number of nitrogens with zero attached hydrogens (tertiary/aromatic N) is 2. The second-order valence-corrected chi connectivity index (χ2v) is 16.8. The topological polar surface area (TPSA) is 161 Å². The second kappa shape index (κ2) is 25.0. The molecule has 0 atom stereocenters. The first-order valence-corrected chi connectivity index (χ1v) is 23.4. The van der Waals surface area contributed by atoms with Gasteiger partial charge < -0.3 is 43.0 Å². The SMILES string of the molecule is COC(=O)c1ccc(OC)cc1-c1ccc(N(c2ccccc2)c2ccccc2)cc1.COC(=O)c1ccc(OC)cc1OS(=O)(=O)C(F)(F)F.OB(O)c1ccc(N(c2ccccc2)c2ccccc2)cc1. The minimum absolute atomic E-state index is 0.00466. The van der Waals surface area contributed by atoms with Crippen molar-refractivity contribution in [2.75, 3.05) is 38.2 Å². The van der Waals surface area contributed by atoms with Crippen LogP contribution < -0.4 is 28.9 Å². The van der Waals surface area contributed by atoms with Gasteiger partial charge in [0.25, 0.3) is 0 Å². The zero-order valence-electron chi connectivity index (χ0n) is 39.7. The van der Waals surface area contributed by atoms with E-state index in [0.29, 0.717) is 16.8 Å². The van der Waals surface area contributed by atoms with Crippen LogP contribution in [0.4, 0.5) is 47.3 Å². The molecule has 13 nitrogen and oxygen atoms in total. The second-order valence-electron chi connectivity index (χ2n) is 15.3. The number of methoxy groups -OCH3 is 4. The summed E-state index contributed by atoms with van der Waals surface area (Å²) in [5.41, 5.74) is 2.75. The Morgan fingerprint density at radius 3 is 1.21 bits per heavy atom. The molecule has 0 aliphatic heterocycles. The van der Waals surface area contributed by atoms with E-state index in [4.69, 9.17) is 14.2 Å². The van der Waals surface area contributed by atoms with Crippen LogP contribution in [-0.2, 0) is 19.6 Å². The van der Waals surface area contributed by atoms with Crippen LogP contribution in [0.5, 0.6) is 17.2 Å². The number of hydrogen-bond acceptors (Lipinski definition) is 13. The smallest absolute Gasteiger partial charge is 0.497 e. The average molecular weight is 1010 g/mol. The molecule has 0 bridgehead atoms. The lowest BCUT2D eigenvalue weighted by Gasteiger charge is -2.25. The molecule has 0 radical (unpaired) electrons. The van der Waals surface area contributed by atoms with E-state index >= 15 is 0 Å². The van der Waals surface area contributed by atoms with Gasteiger partial charge in [-0.3, -0.25) is 0 Å². The van der Waals surface area contributed by atoms with Crippen molar-refractivity contribution in [2.24, 2.45) is 0 Å². The Labute approximate surface area is 421 Å². The maximum atomic E-state index is 12.3. The zero-order valence-corrected chi connectivity index (χ0v) is 40.5. The molecule has 374 valence electrons. The third kappa shape index (κ3) is 13.9. The summed E-state index contributed by atoms with van der Waals surface area (Å²) in [5, 5.41) is 18.5. The fourth-order valence-electron chi connectivity index (χ4n) is 7.11. The fourth-order valence-corrected chi connectivity index (χ4v) is 7.58. The number of rotatable bonds is 14. The number of para-hydroxylation sites is 4. The largest absolute Gasteiger partial charge is 0.534 e. The van der Waals surface area contributed by atoms with Crippen molar-refractivity contribution < 1.29 is 64.4 Å². The van der Waals surface area contributed by atoms with E-state index < -0.39 is 40.0 Å². The maximum Gasteiger partial charge on any atom is 0.534 e. The van der Waals surface area contributed by atoms with Crippen LogP contribution >= 0.6 is 0 Å². The lowest BCUT2D eigenvalue weighted by molar-refractivity contribution is -0.0500. The van der Waals surface area contributed by atoms with Crippen LogP contribution in [0, 0.1) is 0 Å². The van der Waals surface area contributed by atoms with Gasteiger partial charge in [-0.05, 0) is 120 Å². The highest BCUT2D eigenvalue weighted by Gasteiger charge is 2.49. The molecular weight excluding hydrogens is 964 g/mol. The molecule has 0 unspecified atom stereocenters. The van der Waals surface area contributed by atoms with E-state index in [-0.39, 0.29) is 11.7 Å². The van der Waals surface area contributed by atoms with E-state index in [0.717, 1.165) is 64.5 Å². The molecule has 0 amide bonds. The van der Waals surface area contributed by atoms with Crippen LogP contribution in [0.2, 0.25) is 0 Å². The van der Waals surface area contributed by atoms with Crippen LogP contribution in [0.25, 0.3) is 11.1 Å². The summed E-state index contributed by atoms with van der Waals surface area (Å²) in [6.07, 6.45) is 0. The third-order valence-corrected chi connectivity index (χ3v) is 11.6. The Balaban J connectivity index is 0.000000185.